The predicted molar refractivity (Wildman–Crippen MR) is 107 cm³/mol. The van der Waals surface area contributed by atoms with Crippen LogP contribution in [0.15, 0.2) is 48.7 Å². The number of nitrogens with zero attached hydrogens (tertiary/aromatic N) is 3. The van der Waals surface area contributed by atoms with Crippen molar-refractivity contribution in [3.63, 3.8) is 0 Å². The van der Waals surface area contributed by atoms with Crippen LogP contribution in [0.25, 0.3) is 0 Å². The van der Waals surface area contributed by atoms with Gasteiger partial charge in [-0.15, -0.1) is 0 Å². The van der Waals surface area contributed by atoms with Gasteiger partial charge in [0, 0.05) is 24.8 Å². The normalized spacial score (nSPS) is 15.9. The highest BCUT2D eigenvalue weighted by Crippen LogP contribution is 2.36. The molecule has 1 aliphatic rings. The SMILES string of the molecule is CCN(CC)CCNC(=O)CN1C(=O)C(c2ccccc2)Oc2cccnc21. The monoisotopic (exact) mass is 382 g/mol. The van der Waals surface area contributed by atoms with E-state index in [-0.39, 0.29) is 18.4 Å². The third-order valence-corrected chi connectivity index (χ3v) is 4.79. The number of likely N-dealkylation sites (N-methyl/N-ethyl adjacent to an activating group) is 1. The van der Waals surface area contributed by atoms with Crippen molar-refractivity contribution in [3.05, 3.63) is 54.2 Å². The molecule has 0 saturated carbocycles. The fourth-order valence-corrected chi connectivity index (χ4v) is 3.18. The van der Waals surface area contributed by atoms with Crippen molar-refractivity contribution in [2.45, 2.75) is 20.0 Å². The largest absolute Gasteiger partial charge is 0.472 e. The van der Waals surface area contributed by atoms with Gasteiger partial charge in [-0.25, -0.2) is 4.98 Å². The van der Waals surface area contributed by atoms with Crippen molar-refractivity contribution >= 4 is 17.6 Å². The number of hydrogen-bond acceptors (Lipinski definition) is 5. The summed E-state index contributed by atoms with van der Waals surface area (Å²) in [6.45, 7) is 7.27. The molecule has 1 N–H and O–H groups in total. The maximum Gasteiger partial charge on any atom is 0.274 e. The Bertz CT molecular complexity index is 808. The lowest BCUT2D eigenvalue weighted by Gasteiger charge is -2.33. The molecule has 7 heteroatoms. The van der Waals surface area contributed by atoms with Crippen LogP contribution in [0.1, 0.15) is 25.5 Å². The zero-order valence-electron chi connectivity index (χ0n) is 16.3. The first-order valence-electron chi connectivity index (χ1n) is 9.61. The van der Waals surface area contributed by atoms with Crippen LogP contribution in [0.3, 0.4) is 0 Å². The van der Waals surface area contributed by atoms with Gasteiger partial charge in [0.05, 0.1) is 0 Å². The second-order valence-electron chi connectivity index (χ2n) is 6.53. The van der Waals surface area contributed by atoms with Crippen LogP contribution in [0, 0.1) is 0 Å². The molecule has 1 atom stereocenters. The first-order valence-corrected chi connectivity index (χ1v) is 9.61. The number of hydrogen-bond donors (Lipinski definition) is 1. The zero-order valence-corrected chi connectivity index (χ0v) is 16.3. The molecular weight excluding hydrogens is 356 g/mol. The molecule has 2 heterocycles. The summed E-state index contributed by atoms with van der Waals surface area (Å²) in [7, 11) is 0. The molecule has 0 aliphatic carbocycles. The molecule has 1 aromatic carbocycles. The summed E-state index contributed by atoms with van der Waals surface area (Å²) in [5, 5.41) is 2.89. The molecule has 1 aromatic heterocycles. The number of benzene rings is 1. The number of carbonyl (C=O) groups is 2. The second-order valence-corrected chi connectivity index (χ2v) is 6.53. The van der Waals surface area contributed by atoms with Crippen molar-refractivity contribution < 1.29 is 14.3 Å². The van der Waals surface area contributed by atoms with Gasteiger partial charge in [0.15, 0.2) is 11.6 Å². The highest BCUT2D eigenvalue weighted by atomic mass is 16.5. The molecule has 0 radical (unpaired) electrons. The lowest BCUT2D eigenvalue weighted by atomic mass is 10.1. The predicted octanol–water partition coefficient (Wildman–Crippen LogP) is 2.01. The Labute approximate surface area is 165 Å². The van der Waals surface area contributed by atoms with Crippen LogP contribution in [0.2, 0.25) is 0 Å². The van der Waals surface area contributed by atoms with Gasteiger partial charge < -0.3 is 15.0 Å². The van der Waals surface area contributed by atoms with Crippen LogP contribution in [-0.4, -0.2) is 54.4 Å². The average Bonchev–Trinajstić information content (AvgIpc) is 2.73. The van der Waals surface area contributed by atoms with E-state index in [2.05, 4.69) is 29.0 Å². The molecule has 1 unspecified atom stereocenters. The summed E-state index contributed by atoms with van der Waals surface area (Å²) in [6.07, 6.45) is 0.797. The van der Waals surface area contributed by atoms with Gasteiger partial charge in [-0.2, -0.15) is 0 Å². The molecule has 0 spiro atoms. The lowest BCUT2D eigenvalue weighted by molar-refractivity contribution is -0.129. The number of pyridine rings is 1. The van der Waals surface area contributed by atoms with E-state index in [4.69, 9.17) is 4.74 Å². The molecule has 7 nitrogen and oxygen atoms in total. The topological polar surface area (TPSA) is 74.8 Å². The Hall–Kier alpha value is -2.93. The fraction of sp³-hybridized carbons (Fsp3) is 0.381. The van der Waals surface area contributed by atoms with Gasteiger partial charge in [-0.1, -0.05) is 44.2 Å². The first kappa shape index (κ1) is 19.8. The molecule has 3 rings (SSSR count). The minimum absolute atomic E-state index is 0.0895. The van der Waals surface area contributed by atoms with Gasteiger partial charge in [0.2, 0.25) is 12.0 Å². The minimum Gasteiger partial charge on any atom is -0.472 e. The molecule has 1 aliphatic heterocycles. The highest BCUT2D eigenvalue weighted by Gasteiger charge is 2.37. The Balaban J connectivity index is 1.73. The molecule has 0 bridgehead atoms. The van der Waals surface area contributed by atoms with Gasteiger partial charge >= 0.3 is 0 Å². The van der Waals surface area contributed by atoms with Crippen LogP contribution in [0.4, 0.5) is 5.82 Å². The van der Waals surface area contributed by atoms with Crippen LogP contribution in [0.5, 0.6) is 5.75 Å². The Morgan fingerprint density at radius 1 is 1.18 bits per heavy atom. The van der Waals surface area contributed by atoms with E-state index < -0.39 is 6.10 Å². The summed E-state index contributed by atoms with van der Waals surface area (Å²) < 4.78 is 5.89. The molecule has 28 heavy (non-hydrogen) atoms. The number of fused-ring (bicyclic) bond motifs is 1. The van der Waals surface area contributed by atoms with Gasteiger partial charge in [0.1, 0.15) is 6.54 Å². The number of ether oxygens (including phenoxy) is 1. The maximum absolute atomic E-state index is 13.1. The molecule has 2 aromatic rings. The van der Waals surface area contributed by atoms with E-state index in [0.29, 0.717) is 18.1 Å². The Kier molecular flexibility index (Phi) is 6.60. The van der Waals surface area contributed by atoms with E-state index in [0.717, 1.165) is 25.2 Å². The minimum atomic E-state index is -0.790. The number of rotatable bonds is 8. The number of aromatic nitrogens is 1. The number of carbonyl (C=O) groups excluding carboxylic acids is 2. The van der Waals surface area contributed by atoms with E-state index >= 15 is 0 Å². The van der Waals surface area contributed by atoms with Crippen LogP contribution < -0.4 is 15.0 Å². The van der Waals surface area contributed by atoms with Gasteiger partial charge in [0.25, 0.3) is 5.91 Å². The summed E-state index contributed by atoms with van der Waals surface area (Å²) in [6, 6.07) is 12.8. The van der Waals surface area contributed by atoms with Crippen LogP contribution in [-0.2, 0) is 9.59 Å². The average molecular weight is 382 g/mol. The van der Waals surface area contributed by atoms with Crippen molar-refractivity contribution in [1.29, 1.82) is 0 Å². The molecule has 2 amide bonds. The smallest absolute Gasteiger partial charge is 0.274 e. The highest BCUT2D eigenvalue weighted by molar-refractivity contribution is 6.03. The molecular formula is C21H26N4O3. The second kappa shape index (κ2) is 9.32. The summed E-state index contributed by atoms with van der Waals surface area (Å²) in [5.41, 5.74) is 0.744. The van der Waals surface area contributed by atoms with E-state index in [1.807, 2.05) is 30.3 Å². The quantitative estimate of drug-likeness (QED) is 0.756. The van der Waals surface area contributed by atoms with Crippen molar-refractivity contribution in [2.75, 3.05) is 37.6 Å². The number of anilines is 1. The molecule has 148 valence electrons. The fourth-order valence-electron chi connectivity index (χ4n) is 3.18. The van der Waals surface area contributed by atoms with Gasteiger partial charge in [-0.3, -0.25) is 14.5 Å². The molecule has 0 fully saturated rings. The van der Waals surface area contributed by atoms with Crippen molar-refractivity contribution in [2.24, 2.45) is 0 Å². The Morgan fingerprint density at radius 2 is 1.93 bits per heavy atom. The third-order valence-electron chi connectivity index (χ3n) is 4.79. The van der Waals surface area contributed by atoms with E-state index in [9.17, 15) is 9.59 Å². The summed E-state index contributed by atoms with van der Waals surface area (Å²) in [5.74, 6) is 0.354. The maximum atomic E-state index is 13.1. The standard InChI is InChI=1S/C21H26N4O3/c1-3-24(4-2)14-13-22-18(26)15-25-20-17(11-8-12-23-20)28-19(21(25)27)16-9-6-5-7-10-16/h5-12,19H,3-4,13-15H2,1-2H3,(H,22,26). The van der Waals surface area contributed by atoms with E-state index in [1.54, 1.807) is 18.3 Å². The summed E-state index contributed by atoms with van der Waals surface area (Å²) in [4.78, 5) is 33.4. The lowest BCUT2D eigenvalue weighted by Crippen LogP contribution is -2.47. The Morgan fingerprint density at radius 3 is 2.64 bits per heavy atom. The zero-order chi connectivity index (χ0) is 19.9. The van der Waals surface area contributed by atoms with E-state index in [1.165, 1.54) is 4.90 Å². The third kappa shape index (κ3) is 4.48. The van der Waals surface area contributed by atoms with Gasteiger partial charge in [-0.05, 0) is 25.2 Å². The van der Waals surface area contributed by atoms with Crippen molar-refractivity contribution in [1.82, 2.24) is 15.2 Å². The summed E-state index contributed by atoms with van der Waals surface area (Å²) >= 11 is 0. The number of amides is 2. The molecule has 0 saturated heterocycles. The number of nitrogens with one attached hydrogen (secondary N) is 1. The first-order chi connectivity index (χ1) is 13.6. The van der Waals surface area contributed by atoms with Crippen molar-refractivity contribution in [3.8, 4) is 5.75 Å². The van der Waals surface area contributed by atoms with Crippen LogP contribution >= 0.6 is 0 Å².